The highest BCUT2D eigenvalue weighted by atomic mass is 35.5. The van der Waals surface area contributed by atoms with E-state index in [-0.39, 0.29) is 14.9 Å². The van der Waals surface area contributed by atoms with Crippen LogP contribution in [0.4, 0.5) is 0 Å². The van der Waals surface area contributed by atoms with Crippen LogP contribution in [0.5, 0.6) is 0 Å². The molecule has 1 amide bonds. The van der Waals surface area contributed by atoms with Gasteiger partial charge in [0.25, 0.3) is 0 Å². The summed E-state index contributed by atoms with van der Waals surface area (Å²) in [5, 5.41) is 0.230. The first-order valence-electron chi connectivity index (χ1n) is 4.31. The van der Waals surface area contributed by atoms with Crippen LogP contribution < -0.4 is 16.0 Å². The molecule has 0 spiro atoms. The number of hydrazine groups is 1. The van der Waals surface area contributed by atoms with Gasteiger partial charge >= 0.3 is 0 Å². The van der Waals surface area contributed by atoms with Gasteiger partial charge in [0, 0.05) is 5.02 Å². The lowest BCUT2D eigenvalue weighted by molar-refractivity contribution is -0.120. The molecule has 0 atom stereocenters. The van der Waals surface area contributed by atoms with E-state index in [9.17, 15) is 13.2 Å². The summed E-state index contributed by atoms with van der Waals surface area (Å²) in [6, 6.07) is 3.99. The Morgan fingerprint density at radius 1 is 1.35 bits per heavy atom. The van der Waals surface area contributed by atoms with Crippen LogP contribution in [0, 0.1) is 0 Å². The molecule has 0 saturated heterocycles. The van der Waals surface area contributed by atoms with Crippen molar-refractivity contribution in [2.24, 2.45) is 5.84 Å². The fourth-order valence-electron chi connectivity index (χ4n) is 0.972. The molecule has 0 saturated carbocycles. The molecule has 0 unspecified atom stereocenters. The summed E-state index contributed by atoms with van der Waals surface area (Å²) in [5.41, 5.74) is 1.79. The Morgan fingerprint density at radius 2 is 2.00 bits per heavy atom. The molecule has 0 radical (unpaired) electrons. The average Bonchev–Trinajstić information content (AvgIpc) is 2.29. The molecule has 0 aromatic heterocycles. The lowest BCUT2D eigenvalue weighted by atomic mass is 10.4. The fraction of sp³-hybridized carbons (Fsp3) is 0.125. The van der Waals surface area contributed by atoms with Crippen LogP contribution in [0.25, 0.3) is 0 Å². The maximum atomic E-state index is 11.8. The molecule has 94 valence electrons. The van der Waals surface area contributed by atoms with Gasteiger partial charge in [-0.3, -0.25) is 10.2 Å². The topological polar surface area (TPSA) is 101 Å². The van der Waals surface area contributed by atoms with E-state index in [2.05, 4.69) is 0 Å². The van der Waals surface area contributed by atoms with Gasteiger partial charge < -0.3 is 0 Å². The molecule has 6 nitrogen and oxygen atoms in total. The van der Waals surface area contributed by atoms with E-state index in [4.69, 9.17) is 29.0 Å². The van der Waals surface area contributed by atoms with Gasteiger partial charge in [-0.15, -0.1) is 0 Å². The number of hydrogen-bond donors (Lipinski definition) is 3. The zero-order chi connectivity index (χ0) is 13.1. The van der Waals surface area contributed by atoms with Gasteiger partial charge in [0.1, 0.15) is 4.90 Å². The first-order chi connectivity index (χ1) is 7.86. The highest BCUT2D eigenvalue weighted by molar-refractivity contribution is 7.89. The Balaban J connectivity index is 2.97. The van der Waals surface area contributed by atoms with Crippen molar-refractivity contribution in [3.05, 3.63) is 28.2 Å². The van der Waals surface area contributed by atoms with E-state index in [0.717, 1.165) is 0 Å². The molecule has 0 aliphatic rings. The third-order valence-corrected chi connectivity index (χ3v) is 3.88. The Kier molecular flexibility index (Phi) is 4.72. The van der Waals surface area contributed by atoms with Gasteiger partial charge in [-0.25, -0.2) is 19.0 Å². The van der Waals surface area contributed by atoms with Crippen LogP contribution in [0.3, 0.4) is 0 Å². The second-order valence-corrected chi connectivity index (χ2v) is 5.55. The second kappa shape index (κ2) is 5.65. The number of amides is 1. The van der Waals surface area contributed by atoms with Crippen molar-refractivity contribution in [2.45, 2.75) is 4.90 Å². The van der Waals surface area contributed by atoms with Crippen molar-refractivity contribution in [3.8, 4) is 0 Å². The van der Waals surface area contributed by atoms with Gasteiger partial charge in [-0.1, -0.05) is 23.2 Å². The van der Waals surface area contributed by atoms with Crippen molar-refractivity contribution in [2.75, 3.05) is 6.54 Å². The van der Waals surface area contributed by atoms with Gasteiger partial charge in [-0.05, 0) is 18.2 Å². The fourth-order valence-corrected chi connectivity index (χ4v) is 2.72. The molecule has 4 N–H and O–H groups in total. The summed E-state index contributed by atoms with van der Waals surface area (Å²) in [6.07, 6.45) is 0. The Hall–Kier alpha value is -0.860. The molecule has 0 bridgehead atoms. The SMILES string of the molecule is NNC(=O)CNS(=O)(=O)c1cc(Cl)ccc1Cl. The highest BCUT2D eigenvalue weighted by Crippen LogP contribution is 2.24. The number of benzene rings is 1. The molecule has 0 aliphatic carbocycles. The van der Waals surface area contributed by atoms with E-state index in [1.54, 1.807) is 5.43 Å². The van der Waals surface area contributed by atoms with Gasteiger partial charge in [0.15, 0.2) is 0 Å². The number of nitrogens with two attached hydrogens (primary N) is 1. The predicted octanol–water partition coefficient (Wildman–Crippen LogP) is 0.262. The van der Waals surface area contributed by atoms with Crippen molar-refractivity contribution in [1.82, 2.24) is 10.1 Å². The average molecular weight is 298 g/mol. The van der Waals surface area contributed by atoms with E-state index < -0.39 is 22.5 Å². The Labute approximate surface area is 108 Å². The molecule has 1 rings (SSSR count). The molecule has 1 aromatic carbocycles. The molecule has 0 heterocycles. The van der Waals surface area contributed by atoms with Gasteiger partial charge in [0.2, 0.25) is 15.9 Å². The lowest BCUT2D eigenvalue weighted by Crippen LogP contribution is -2.40. The lowest BCUT2D eigenvalue weighted by Gasteiger charge is -2.07. The zero-order valence-electron chi connectivity index (χ0n) is 8.41. The molecule has 9 heteroatoms. The number of carbonyl (C=O) groups excluding carboxylic acids is 1. The molecule has 1 aromatic rings. The standard InChI is InChI=1S/C8H9Cl2N3O3S/c9-5-1-2-6(10)7(3-5)17(15,16)12-4-8(14)13-11/h1-3,12H,4,11H2,(H,13,14). The maximum Gasteiger partial charge on any atom is 0.248 e. The summed E-state index contributed by atoms with van der Waals surface area (Å²) >= 11 is 11.4. The first kappa shape index (κ1) is 14.2. The summed E-state index contributed by atoms with van der Waals surface area (Å²) in [7, 11) is -3.90. The minimum Gasteiger partial charge on any atom is -0.293 e. The van der Waals surface area contributed by atoms with E-state index in [1.807, 2.05) is 4.72 Å². The number of hydrogen-bond acceptors (Lipinski definition) is 4. The van der Waals surface area contributed by atoms with Crippen molar-refractivity contribution < 1.29 is 13.2 Å². The van der Waals surface area contributed by atoms with Crippen molar-refractivity contribution in [1.29, 1.82) is 0 Å². The van der Waals surface area contributed by atoms with Crippen LogP contribution in [0.1, 0.15) is 0 Å². The van der Waals surface area contributed by atoms with E-state index in [0.29, 0.717) is 0 Å². The summed E-state index contributed by atoms with van der Waals surface area (Å²) in [4.78, 5) is 10.6. The minimum atomic E-state index is -3.90. The summed E-state index contributed by atoms with van der Waals surface area (Å²) in [5.74, 6) is 4.14. The number of carbonyl (C=O) groups is 1. The van der Waals surface area contributed by atoms with Crippen LogP contribution >= 0.6 is 23.2 Å². The number of rotatable bonds is 4. The minimum absolute atomic E-state index is 0.00931. The van der Waals surface area contributed by atoms with Crippen LogP contribution in [-0.2, 0) is 14.8 Å². The second-order valence-electron chi connectivity index (χ2n) is 2.97. The Bertz CT molecular complexity index is 533. The number of halogens is 2. The first-order valence-corrected chi connectivity index (χ1v) is 6.55. The third kappa shape index (κ3) is 3.83. The third-order valence-electron chi connectivity index (χ3n) is 1.77. The predicted molar refractivity (Wildman–Crippen MR) is 64.0 cm³/mol. The van der Waals surface area contributed by atoms with Crippen LogP contribution in [0.2, 0.25) is 10.0 Å². The molecule has 17 heavy (non-hydrogen) atoms. The largest absolute Gasteiger partial charge is 0.293 e. The molecule has 0 fully saturated rings. The Morgan fingerprint density at radius 3 is 2.59 bits per heavy atom. The molecular formula is C8H9Cl2N3O3S. The maximum absolute atomic E-state index is 11.8. The number of nitrogens with one attached hydrogen (secondary N) is 2. The van der Waals surface area contributed by atoms with Gasteiger partial charge in [0.05, 0.1) is 11.6 Å². The van der Waals surface area contributed by atoms with Crippen LogP contribution in [-0.4, -0.2) is 20.9 Å². The normalized spacial score (nSPS) is 11.2. The van der Waals surface area contributed by atoms with Crippen molar-refractivity contribution in [3.63, 3.8) is 0 Å². The van der Waals surface area contributed by atoms with E-state index in [1.165, 1.54) is 18.2 Å². The summed E-state index contributed by atoms with van der Waals surface area (Å²) < 4.78 is 25.5. The van der Waals surface area contributed by atoms with Crippen molar-refractivity contribution >= 4 is 39.1 Å². The highest BCUT2D eigenvalue weighted by Gasteiger charge is 2.19. The number of sulfonamides is 1. The van der Waals surface area contributed by atoms with E-state index >= 15 is 0 Å². The quantitative estimate of drug-likeness (QED) is 0.421. The molecular weight excluding hydrogens is 289 g/mol. The summed E-state index contributed by atoms with van der Waals surface area (Å²) in [6.45, 7) is -0.484. The monoisotopic (exact) mass is 297 g/mol. The molecule has 0 aliphatic heterocycles. The smallest absolute Gasteiger partial charge is 0.248 e. The van der Waals surface area contributed by atoms with Crippen LogP contribution in [0.15, 0.2) is 23.1 Å². The van der Waals surface area contributed by atoms with Gasteiger partial charge in [-0.2, -0.15) is 0 Å². The zero-order valence-corrected chi connectivity index (χ0v) is 10.7.